The Balaban J connectivity index is 2.02. The van der Waals surface area contributed by atoms with E-state index in [0.717, 1.165) is 31.9 Å². The predicted molar refractivity (Wildman–Crippen MR) is 49.2 cm³/mol. The summed E-state index contributed by atoms with van der Waals surface area (Å²) in [6, 6.07) is 0.714. The summed E-state index contributed by atoms with van der Waals surface area (Å²) in [5.74, 6) is 6.49. The first kappa shape index (κ1) is 8.52. The van der Waals surface area contributed by atoms with Crippen molar-refractivity contribution in [3.63, 3.8) is 0 Å². The maximum absolute atomic E-state index is 5.64. The highest BCUT2D eigenvalue weighted by molar-refractivity contribution is 5.26. The number of aromatic nitrogens is 1. The van der Waals surface area contributed by atoms with E-state index < -0.39 is 0 Å². The van der Waals surface area contributed by atoms with Crippen LogP contribution in [-0.4, -0.2) is 36.2 Å². The number of anilines is 1. The summed E-state index contributed by atoms with van der Waals surface area (Å²) in [6.45, 7) is 5.39. The van der Waals surface area contributed by atoms with Crippen LogP contribution < -0.4 is 10.7 Å². The number of hydrogen-bond donors (Lipinski definition) is 1. The zero-order chi connectivity index (χ0) is 9.26. The van der Waals surface area contributed by atoms with Crippen LogP contribution in [0.1, 0.15) is 5.76 Å². The van der Waals surface area contributed by atoms with E-state index in [1.54, 1.807) is 6.20 Å². The van der Waals surface area contributed by atoms with Gasteiger partial charge in [-0.2, -0.15) is 0 Å². The minimum Gasteiger partial charge on any atom is -0.429 e. The smallest absolute Gasteiger partial charge is 0.297 e. The number of nitrogens with two attached hydrogens (primary N) is 1. The van der Waals surface area contributed by atoms with Crippen LogP contribution in [0.2, 0.25) is 0 Å². The summed E-state index contributed by atoms with van der Waals surface area (Å²) in [6.07, 6.45) is 1.74. The summed E-state index contributed by atoms with van der Waals surface area (Å²) >= 11 is 0. The Bertz CT molecular complexity index is 277. The quantitative estimate of drug-likeness (QED) is 0.618. The Labute approximate surface area is 77.1 Å². The van der Waals surface area contributed by atoms with Crippen molar-refractivity contribution in [3.8, 4) is 0 Å². The summed E-state index contributed by atoms with van der Waals surface area (Å²) in [5, 5.41) is 1.81. The predicted octanol–water partition coefficient (Wildman–Crippen LogP) is -0.0213. The van der Waals surface area contributed by atoms with Gasteiger partial charge in [0.2, 0.25) is 0 Å². The lowest BCUT2D eigenvalue weighted by molar-refractivity contribution is 0.260. The molecule has 2 heterocycles. The van der Waals surface area contributed by atoms with E-state index in [-0.39, 0.29) is 0 Å². The van der Waals surface area contributed by atoms with Crippen LogP contribution in [0.25, 0.3) is 0 Å². The molecule has 2 N–H and O–H groups in total. The fourth-order valence-corrected chi connectivity index (χ4v) is 1.40. The SMILES string of the molecule is Cc1cnc(N2CCN(N)CC2)o1. The molecule has 0 aromatic carbocycles. The second-order valence-electron chi connectivity index (χ2n) is 3.28. The van der Waals surface area contributed by atoms with Gasteiger partial charge in [-0.05, 0) is 6.92 Å². The molecule has 1 aromatic heterocycles. The third kappa shape index (κ3) is 1.81. The summed E-state index contributed by atoms with van der Waals surface area (Å²) in [5.41, 5.74) is 0. The molecular weight excluding hydrogens is 168 g/mol. The first-order valence-electron chi connectivity index (χ1n) is 4.43. The van der Waals surface area contributed by atoms with Crippen molar-refractivity contribution in [2.75, 3.05) is 31.1 Å². The molecule has 5 nitrogen and oxygen atoms in total. The zero-order valence-electron chi connectivity index (χ0n) is 7.73. The van der Waals surface area contributed by atoms with Gasteiger partial charge >= 0.3 is 0 Å². The van der Waals surface area contributed by atoms with Crippen LogP contribution in [0.4, 0.5) is 6.01 Å². The molecular formula is C8H14N4O. The van der Waals surface area contributed by atoms with E-state index in [0.29, 0.717) is 6.01 Å². The summed E-state index contributed by atoms with van der Waals surface area (Å²) in [7, 11) is 0. The lowest BCUT2D eigenvalue weighted by Gasteiger charge is -2.30. The molecule has 1 saturated heterocycles. The molecule has 13 heavy (non-hydrogen) atoms. The van der Waals surface area contributed by atoms with E-state index in [1.165, 1.54) is 0 Å². The van der Waals surface area contributed by atoms with Crippen LogP contribution in [0.3, 0.4) is 0 Å². The van der Waals surface area contributed by atoms with Crippen molar-refractivity contribution in [1.29, 1.82) is 0 Å². The van der Waals surface area contributed by atoms with Crippen LogP contribution >= 0.6 is 0 Å². The van der Waals surface area contributed by atoms with Gasteiger partial charge in [-0.25, -0.2) is 9.99 Å². The number of nitrogens with zero attached hydrogens (tertiary/aromatic N) is 3. The van der Waals surface area contributed by atoms with Crippen molar-refractivity contribution in [2.45, 2.75) is 6.92 Å². The number of hydrazine groups is 1. The van der Waals surface area contributed by atoms with Gasteiger partial charge in [0.15, 0.2) is 0 Å². The highest BCUT2D eigenvalue weighted by Crippen LogP contribution is 2.14. The molecule has 0 bridgehead atoms. The Morgan fingerprint density at radius 3 is 2.62 bits per heavy atom. The fraction of sp³-hybridized carbons (Fsp3) is 0.625. The van der Waals surface area contributed by atoms with E-state index in [4.69, 9.17) is 10.3 Å². The highest BCUT2D eigenvalue weighted by Gasteiger charge is 2.17. The Kier molecular flexibility index (Phi) is 2.20. The maximum Gasteiger partial charge on any atom is 0.297 e. The highest BCUT2D eigenvalue weighted by atomic mass is 16.4. The normalized spacial score (nSPS) is 19.4. The molecule has 0 radical (unpaired) electrons. The lowest BCUT2D eigenvalue weighted by atomic mass is 10.4. The van der Waals surface area contributed by atoms with Gasteiger partial charge in [0.25, 0.3) is 6.01 Å². The van der Waals surface area contributed by atoms with Crippen molar-refractivity contribution in [1.82, 2.24) is 9.99 Å². The van der Waals surface area contributed by atoms with Gasteiger partial charge in [0.05, 0.1) is 6.20 Å². The Morgan fingerprint density at radius 1 is 1.38 bits per heavy atom. The van der Waals surface area contributed by atoms with Crippen LogP contribution in [-0.2, 0) is 0 Å². The van der Waals surface area contributed by atoms with E-state index in [2.05, 4.69) is 9.88 Å². The number of piperazine rings is 1. The Hall–Kier alpha value is -1.07. The minimum absolute atomic E-state index is 0.714. The maximum atomic E-state index is 5.64. The molecule has 0 saturated carbocycles. The molecule has 0 unspecified atom stereocenters. The van der Waals surface area contributed by atoms with Gasteiger partial charge in [-0.15, -0.1) is 0 Å². The largest absolute Gasteiger partial charge is 0.429 e. The number of oxazole rings is 1. The van der Waals surface area contributed by atoms with E-state index >= 15 is 0 Å². The molecule has 0 amide bonds. The second-order valence-corrected chi connectivity index (χ2v) is 3.28. The van der Waals surface area contributed by atoms with Crippen molar-refractivity contribution in [2.24, 2.45) is 5.84 Å². The molecule has 0 aliphatic carbocycles. The van der Waals surface area contributed by atoms with Gasteiger partial charge < -0.3 is 9.32 Å². The number of aryl methyl sites for hydroxylation is 1. The van der Waals surface area contributed by atoms with Gasteiger partial charge in [-0.3, -0.25) is 5.84 Å². The van der Waals surface area contributed by atoms with Crippen molar-refractivity contribution < 1.29 is 4.42 Å². The first-order chi connectivity index (χ1) is 6.25. The molecule has 0 spiro atoms. The molecule has 1 fully saturated rings. The molecule has 1 aliphatic rings. The monoisotopic (exact) mass is 182 g/mol. The van der Waals surface area contributed by atoms with Crippen LogP contribution in [0, 0.1) is 6.92 Å². The second kappa shape index (κ2) is 3.35. The van der Waals surface area contributed by atoms with Crippen molar-refractivity contribution in [3.05, 3.63) is 12.0 Å². The van der Waals surface area contributed by atoms with Crippen LogP contribution in [0.5, 0.6) is 0 Å². The molecule has 1 aliphatic heterocycles. The third-order valence-corrected chi connectivity index (χ3v) is 2.19. The standard InChI is InChI=1S/C8H14N4O/c1-7-6-10-8(13-7)11-2-4-12(9)5-3-11/h6H,2-5,9H2,1H3. The number of hydrogen-bond acceptors (Lipinski definition) is 5. The molecule has 72 valence electrons. The molecule has 2 rings (SSSR count). The fourth-order valence-electron chi connectivity index (χ4n) is 1.40. The summed E-state index contributed by atoms with van der Waals surface area (Å²) < 4.78 is 5.41. The minimum atomic E-state index is 0.714. The van der Waals surface area contributed by atoms with Gasteiger partial charge in [0.1, 0.15) is 5.76 Å². The average molecular weight is 182 g/mol. The summed E-state index contributed by atoms with van der Waals surface area (Å²) in [4.78, 5) is 6.27. The number of rotatable bonds is 1. The lowest BCUT2D eigenvalue weighted by Crippen LogP contribution is -2.49. The zero-order valence-corrected chi connectivity index (χ0v) is 7.73. The third-order valence-electron chi connectivity index (χ3n) is 2.19. The molecule has 1 aromatic rings. The van der Waals surface area contributed by atoms with E-state index in [1.807, 2.05) is 11.9 Å². The first-order valence-corrected chi connectivity index (χ1v) is 4.43. The van der Waals surface area contributed by atoms with E-state index in [9.17, 15) is 0 Å². The van der Waals surface area contributed by atoms with Gasteiger partial charge in [-0.1, -0.05) is 0 Å². The van der Waals surface area contributed by atoms with Crippen molar-refractivity contribution >= 4 is 6.01 Å². The van der Waals surface area contributed by atoms with Gasteiger partial charge in [0, 0.05) is 26.2 Å². The topological polar surface area (TPSA) is 58.5 Å². The Morgan fingerprint density at radius 2 is 2.08 bits per heavy atom. The van der Waals surface area contributed by atoms with Crippen LogP contribution in [0.15, 0.2) is 10.6 Å². The molecule has 0 atom stereocenters. The average Bonchev–Trinajstić information content (AvgIpc) is 2.53. The molecule has 5 heteroatoms.